The highest BCUT2D eigenvalue weighted by Crippen LogP contribution is 2.44. The molecule has 8 amide bonds. The van der Waals surface area contributed by atoms with Crippen molar-refractivity contribution < 1.29 is 98.8 Å². The summed E-state index contributed by atoms with van der Waals surface area (Å²) < 4.78 is 339. The van der Waals surface area contributed by atoms with Crippen LogP contribution in [0.4, 0.5) is 139 Å². The van der Waals surface area contributed by atoms with Gasteiger partial charge in [0.05, 0.1) is 112 Å². The van der Waals surface area contributed by atoms with Gasteiger partial charge in [-0.25, -0.2) is 79.7 Å². The zero-order valence-electron chi connectivity index (χ0n) is 120. The van der Waals surface area contributed by atoms with Crippen LogP contribution in [0.5, 0.6) is 0 Å². The minimum Gasteiger partial charge on any atom is -0.318 e. The number of rotatable bonds is 0. The fourth-order valence-electron chi connectivity index (χ4n) is 14.5. The van der Waals surface area contributed by atoms with Crippen LogP contribution >= 0.6 is 0 Å². The van der Waals surface area contributed by atoms with E-state index >= 15 is 0 Å². The van der Waals surface area contributed by atoms with E-state index in [1.807, 2.05) is 0 Å². The summed E-state index contributed by atoms with van der Waals surface area (Å²) in [6.45, 7) is -20.8. The molecule has 0 aromatic carbocycles. The molecular formula is C104H96N32O8. The summed E-state index contributed by atoms with van der Waals surface area (Å²) in [6.07, 6.45) is 13.4. The van der Waals surface area contributed by atoms with Gasteiger partial charge in [-0.3, -0.25) is 38.4 Å². The lowest BCUT2D eigenvalue weighted by Gasteiger charge is -2.18. The monoisotopic (exact) mass is 1970 g/mol. The second-order valence-corrected chi connectivity index (χ2v) is 30.2. The second-order valence-electron chi connectivity index (χ2n) is 30.2. The third kappa shape index (κ3) is 19.0. The standard InChI is InChI=1S/8C13H12N4O/c8*1-8-5-7-15-12-10(8)16-13(18)9-4-3-6-14-11(9)17(12)2/h8*3-7H,1-2H3,(H,16,18)/i2*1D3,3D,5D,7D;2*1D3,3D,7D;2*1D3,3D,5D;2*1D3,3D/hD4. The summed E-state index contributed by atoms with van der Waals surface area (Å²) in [7, 11) is 12.4. The van der Waals surface area contributed by atoms with Crippen LogP contribution in [0.25, 0.3) is 0 Å². The number of nitrogens with zero attached hydrogens (tertiary/aromatic N) is 24. The number of carbonyl (C=O) groups is 8. The summed E-state index contributed by atoms with van der Waals surface area (Å²) >= 11 is 0. The van der Waals surface area contributed by atoms with E-state index in [4.69, 9.17) is 60.5 Å². The number of amides is 8. The summed E-state index contributed by atoms with van der Waals surface area (Å²) in [4.78, 5) is 176. The molecule has 0 spiro atoms. The van der Waals surface area contributed by atoms with Gasteiger partial charge in [-0.2, -0.15) is 0 Å². The number of aryl methyl sites for hydroxylation is 4. The maximum absolute atomic E-state index is 12.6. The van der Waals surface area contributed by atoms with Crippen LogP contribution in [-0.2, 0) is 0 Å². The molecule has 720 valence electrons. The van der Waals surface area contributed by atoms with Crippen LogP contribution < -0.4 is 81.7 Å². The Hall–Kier alpha value is -19.4. The summed E-state index contributed by atoms with van der Waals surface area (Å²) in [6, 6.07) is 13.4. The Morgan fingerprint density at radius 2 is 0.375 bits per heavy atom. The maximum Gasteiger partial charge on any atom is 0.259 e. The Kier molecular flexibility index (Phi) is 15.9. The minimum atomic E-state index is -2.83. The van der Waals surface area contributed by atoms with Gasteiger partial charge >= 0.3 is 0 Å². The molecule has 144 heavy (non-hydrogen) atoms. The van der Waals surface area contributed by atoms with Crippen molar-refractivity contribution in [2.45, 2.75) is 54.8 Å². The third-order valence-corrected chi connectivity index (χ3v) is 21.5. The van der Waals surface area contributed by atoms with E-state index in [1.165, 1.54) is 190 Å². The number of anilines is 24. The highest BCUT2D eigenvalue weighted by molar-refractivity contribution is 6.18. The molecule has 16 aromatic heterocycles. The average Bonchev–Trinajstić information content (AvgIpc) is 1.60. The van der Waals surface area contributed by atoms with Gasteiger partial charge in [-0.1, -0.05) is 0 Å². The molecule has 0 saturated carbocycles. The molecule has 0 saturated heterocycles. The Morgan fingerprint density at radius 3 is 0.653 bits per heavy atom. The first-order valence-electron chi connectivity index (χ1n) is 63.3. The Morgan fingerprint density at radius 1 is 0.194 bits per heavy atom. The molecule has 40 heteroatoms. The fraction of sp³-hybridized carbons (Fsp3) is 0.154. The van der Waals surface area contributed by atoms with E-state index < -0.39 is 149 Å². The van der Waals surface area contributed by atoms with Crippen LogP contribution in [0, 0.1) is 54.8 Å². The Labute approximate surface area is 888 Å². The molecule has 0 fully saturated rings. The number of carbonyl (C=O) groups excluding carboxylic acids is 8. The van der Waals surface area contributed by atoms with Gasteiger partial charge in [0.15, 0.2) is 52.2 Å². The van der Waals surface area contributed by atoms with Crippen LogP contribution in [0.3, 0.4) is 0 Å². The normalized spacial score (nSPS) is 18.8. The SMILES string of the molecule is [2H]c1cnc2c(c1)C(=O)N([2H])c1c(C([2H])([2H])[2H])cc([2H])nc1N2C.[2H]c1cnc2c(c1)C(=O)N([2H])c1c(C([2H])([2H])[2H])ccnc1N2C.[2H]c1cnc2c(c1)C(=O)N([2H])c1c(nc([2H])c([2H])c1C([2H])([2H])[2H])N2C.[2H]c1cnc2c(c1)C(=O)N([2H])c1c(ncc([2H])c1C([2H])([2H])[2H])N2C.[2H]c1cnc2c(c1)C(=O)Nc1c(C([2H])([2H])[2H])cc([2H])nc1N2C.[2H]c1cnc2c(c1)C(=O)Nc1c(C([2H])([2H])[2H])ccnc1N2C.[2H]c1cnc2c(c1)C(=O)Nc1c(nc([2H])c([2H])c1C([2H])([2H])[2H])N2C.[2H]c1cnc2c(c1)C(=O)Nc1c(ncc([2H])c1C([2H])([2H])[2H])N2C. The van der Waals surface area contributed by atoms with Crippen molar-refractivity contribution in [1.29, 1.82) is 0 Å². The van der Waals surface area contributed by atoms with Crippen molar-refractivity contribution in [3.8, 4) is 0 Å². The molecule has 8 aliphatic heterocycles. The van der Waals surface area contributed by atoms with Gasteiger partial charge in [0.25, 0.3) is 47.3 Å². The van der Waals surface area contributed by atoms with Crippen LogP contribution in [0.2, 0.25) is 5.65 Å². The summed E-state index contributed by atoms with van der Waals surface area (Å²) in [5, 5.41) is 11.8. The summed E-state index contributed by atoms with van der Waals surface area (Å²) in [5.74, 6) is -3.40. The van der Waals surface area contributed by atoms with E-state index in [1.54, 1.807) is 28.2 Å². The molecule has 16 aromatic rings. The van der Waals surface area contributed by atoms with Crippen LogP contribution in [0.1, 0.15) is 182 Å². The number of aromatic nitrogens is 16. The highest BCUT2D eigenvalue weighted by Gasteiger charge is 2.35. The van der Waals surface area contributed by atoms with Crippen molar-refractivity contribution in [3.05, 3.63) is 333 Å². The maximum atomic E-state index is 12.6. The smallest absolute Gasteiger partial charge is 0.259 e. The lowest BCUT2D eigenvalue weighted by molar-refractivity contribution is 0.101. The average molecular weight is 1970 g/mol. The molecular weight excluding hydrogens is 1830 g/mol. The van der Waals surface area contributed by atoms with Gasteiger partial charge in [0.1, 0.15) is 46.5 Å². The number of nitrogens with one attached hydrogen (secondary N) is 8. The zero-order valence-corrected chi connectivity index (χ0v) is 75.6. The topological polar surface area (TPSA) is 465 Å². The minimum absolute atomic E-state index is 0.0107. The lowest BCUT2D eigenvalue weighted by atomic mass is 10.2. The predicted molar refractivity (Wildman–Crippen MR) is 554 cm³/mol. The van der Waals surface area contributed by atoms with Crippen molar-refractivity contribution in [2.75, 3.05) is 138 Å². The lowest BCUT2D eigenvalue weighted by Crippen LogP contribution is -2.14. The molecule has 24 heterocycles. The third-order valence-electron chi connectivity index (χ3n) is 21.5. The molecule has 24 rings (SSSR count). The van der Waals surface area contributed by atoms with Crippen molar-refractivity contribution in [3.63, 3.8) is 0 Å². The van der Waals surface area contributed by atoms with E-state index in [0.29, 0.717) is 32.9 Å². The van der Waals surface area contributed by atoms with Crippen LogP contribution in [-0.4, -0.2) is 183 Å². The second kappa shape index (κ2) is 41.1. The quantitative estimate of drug-likeness (QED) is 0.0699. The molecule has 0 bridgehead atoms. The fourth-order valence-corrected chi connectivity index (χ4v) is 14.5. The Bertz CT molecular complexity index is 10000. The zero-order chi connectivity index (χ0) is 139. The van der Waals surface area contributed by atoms with Gasteiger partial charge in [-0.15, -0.1) is 0 Å². The number of pyridine rings is 16. The largest absolute Gasteiger partial charge is 0.318 e. The van der Waals surface area contributed by atoms with E-state index in [2.05, 4.69) is 101 Å². The van der Waals surface area contributed by atoms with Crippen molar-refractivity contribution >= 4 is 186 Å². The first-order valence-corrected chi connectivity index (χ1v) is 41.6. The van der Waals surface area contributed by atoms with E-state index in [-0.39, 0.29) is 266 Å². The van der Waals surface area contributed by atoms with Gasteiger partial charge in [0, 0.05) is 188 Å². The molecule has 0 aliphatic carbocycles. The van der Waals surface area contributed by atoms with Gasteiger partial charge < -0.3 is 81.7 Å². The number of hydrogen-bond acceptors (Lipinski definition) is 32. The number of hydrogen-bond donors (Lipinski definition) is 8. The van der Waals surface area contributed by atoms with Crippen molar-refractivity contribution in [2.24, 2.45) is 0 Å². The van der Waals surface area contributed by atoms with Crippen molar-refractivity contribution in [1.82, 2.24) is 79.7 Å². The molecule has 40 nitrogen and oxygen atoms in total. The van der Waals surface area contributed by atoms with E-state index in [0.717, 1.165) is 24.5 Å². The molecule has 8 N–H and O–H groups in total. The first kappa shape index (κ1) is 55.8. The Balaban J connectivity index is 0.000000141. The molecule has 0 radical (unpaired) electrons. The van der Waals surface area contributed by atoms with Crippen LogP contribution in [0.15, 0.2) is 244 Å². The molecule has 0 atom stereocenters. The summed E-state index contributed by atoms with van der Waals surface area (Å²) in [5.41, 5.74) is -2.86. The molecule has 0 unspecified atom stereocenters. The number of fused-ring (bicyclic) bond motifs is 16. The van der Waals surface area contributed by atoms with Gasteiger partial charge in [-0.05, 0) is 245 Å². The highest BCUT2D eigenvalue weighted by atomic mass is 16.2. The van der Waals surface area contributed by atoms with E-state index in [9.17, 15) is 38.4 Å². The van der Waals surface area contributed by atoms with Gasteiger partial charge in [0.2, 0.25) is 0 Å². The predicted octanol–water partition coefficient (Wildman–Crippen LogP) is 16.9. The molecule has 8 aliphatic rings. The first-order chi connectivity index (χ1) is 87.3.